The van der Waals surface area contributed by atoms with E-state index in [0.29, 0.717) is 12.4 Å². The minimum atomic E-state index is -1.00. The normalized spacial score (nSPS) is 10.1. The molecule has 6 nitrogen and oxygen atoms in total. The summed E-state index contributed by atoms with van der Waals surface area (Å²) in [6.45, 7) is 2.83. The van der Waals surface area contributed by atoms with Crippen molar-refractivity contribution in [2.75, 3.05) is 32.1 Å². The second-order valence-electron chi connectivity index (χ2n) is 4.42. The maximum Gasteiger partial charge on any atom is 0.335 e. The lowest BCUT2D eigenvalue weighted by Gasteiger charge is -2.24. The van der Waals surface area contributed by atoms with Crippen LogP contribution in [0.4, 0.5) is 5.82 Å². The second kappa shape index (κ2) is 6.72. The van der Waals surface area contributed by atoms with Crippen LogP contribution in [0.2, 0.25) is 0 Å². The summed E-state index contributed by atoms with van der Waals surface area (Å²) >= 11 is 0. The van der Waals surface area contributed by atoms with E-state index in [2.05, 4.69) is 4.98 Å². The molecule has 1 amide bonds. The Balaban J connectivity index is 2.95. The van der Waals surface area contributed by atoms with Gasteiger partial charge in [-0.15, -0.1) is 0 Å². The minimum Gasteiger partial charge on any atom is -0.478 e. The van der Waals surface area contributed by atoms with Crippen LogP contribution in [0.5, 0.6) is 0 Å². The number of nitrogens with zero attached hydrogens (tertiary/aromatic N) is 3. The van der Waals surface area contributed by atoms with Gasteiger partial charge in [0.1, 0.15) is 5.82 Å². The summed E-state index contributed by atoms with van der Waals surface area (Å²) < 4.78 is 0. The monoisotopic (exact) mass is 265 g/mol. The highest BCUT2D eigenvalue weighted by atomic mass is 16.4. The lowest BCUT2D eigenvalue weighted by Crippen LogP contribution is -2.37. The Morgan fingerprint density at radius 2 is 2.05 bits per heavy atom. The number of rotatable bonds is 6. The number of pyridine rings is 1. The predicted molar refractivity (Wildman–Crippen MR) is 72.4 cm³/mol. The molecule has 1 aromatic rings. The van der Waals surface area contributed by atoms with Crippen LogP contribution < -0.4 is 4.90 Å². The molecule has 0 aromatic carbocycles. The number of aromatic carboxylic acids is 1. The van der Waals surface area contributed by atoms with Crippen molar-refractivity contribution in [2.45, 2.75) is 13.3 Å². The van der Waals surface area contributed by atoms with Crippen molar-refractivity contribution < 1.29 is 14.7 Å². The molecule has 0 fully saturated rings. The van der Waals surface area contributed by atoms with Crippen LogP contribution in [0.1, 0.15) is 23.7 Å². The van der Waals surface area contributed by atoms with E-state index in [9.17, 15) is 9.59 Å². The topological polar surface area (TPSA) is 73.7 Å². The first-order chi connectivity index (χ1) is 8.95. The van der Waals surface area contributed by atoms with Crippen molar-refractivity contribution in [1.82, 2.24) is 9.88 Å². The predicted octanol–water partition coefficient (Wildman–Crippen LogP) is 1.08. The largest absolute Gasteiger partial charge is 0.478 e. The first kappa shape index (κ1) is 14.9. The summed E-state index contributed by atoms with van der Waals surface area (Å²) in [5, 5.41) is 8.97. The molecule has 0 saturated heterocycles. The van der Waals surface area contributed by atoms with Crippen molar-refractivity contribution in [2.24, 2.45) is 0 Å². The third kappa shape index (κ3) is 4.24. The first-order valence-corrected chi connectivity index (χ1v) is 6.10. The maximum absolute atomic E-state index is 11.8. The Hall–Kier alpha value is -2.11. The molecule has 0 unspecified atom stereocenters. The van der Waals surface area contributed by atoms with Gasteiger partial charge < -0.3 is 14.9 Å². The number of carboxylic acids is 1. The molecule has 0 spiro atoms. The number of anilines is 1. The fraction of sp³-hybridized carbons (Fsp3) is 0.462. The van der Waals surface area contributed by atoms with Gasteiger partial charge >= 0.3 is 5.97 Å². The molecule has 0 aliphatic rings. The second-order valence-corrected chi connectivity index (χ2v) is 4.42. The SMILES string of the molecule is CCCN(CC(=O)N(C)C)c1cc(C(=O)O)ccn1. The van der Waals surface area contributed by atoms with Crippen LogP contribution in [0.3, 0.4) is 0 Å². The summed E-state index contributed by atoms with van der Waals surface area (Å²) in [6, 6.07) is 2.92. The van der Waals surface area contributed by atoms with Crippen molar-refractivity contribution in [3.05, 3.63) is 23.9 Å². The maximum atomic E-state index is 11.8. The molecule has 0 bridgehead atoms. The van der Waals surface area contributed by atoms with E-state index >= 15 is 0 Å². The number of amides is 1. The van der Waals surface area contributed by atoms with E-state index in [1.54, 1.807) is 19.0 Å². The average Bonchev–Trinajstić information content (AvgIpc) is 2.38. The molecule has 0 atom stereocenters. The molecule has 0 radical (unpaired) electrons. The Morgan fingerprint density at radius 3 is 2.58 bits per heavy atom. The van der Waals surface area contributed by atoms with Gasteiger partial charge in [-0.1, -0.05) is 6.92 Å². The number of hydrogen-bond donors (Lipinski definition) is 1. The standard InChI is InChI=1S/C13H19N3O3/c1-4-7-16(9-12(17)15(2)3)11-8-10(13(18)19)5-6-14-11/h5-6,8H,4,7,9H2,1-3H3,(H,18,19). The molecule has 104 valence electrons. The highest BCUT2D eigenvalue weighted by Gasteiger charge is 2.15. The van der Waals surface area contributed by atoms with Gasteiger partial charge in [-0.05, 0) is 18.6 Å². The van der Waals surface area contributed by atoms with Crippen LogP contribution in [0, 0.1) is 0 Å². The van der Waals surface area contributed by atoms with E-state index in [1.165, 1.54) is 23.2 Å². The van der Waals surface area contributed by atoms with Gasteiger partial charge in [-0.2, -0.15) is 0 Å². The van der Waals surface area contributed by atoms with Crippen LogP contribution in [-0.4, -0.2) is 54.1 Å². The smallest absolute Gasteiger partial charge is 0.335 e. The number of aromatic nitrogens is 1. The fourth-order valence-electron chi connectivity index (χ4n) is 1.57. The molecule has 0 aliphatic carbocycles. The van der Waals surface area contributed by atoms with Crippen molar-refractivity contribution in [1.29, 1.82) is 0 Å². The summed E-state index contributed by atoms with van der Waals surface area (Å²) in [7, 11) is 3.38. The van der Waals surface area contributed by atoms with Gasteiger partial charge in [0.2, 0.25) is 5.91 Å². The van der Waals surface area contributed by atoms with Crippen LogP contribution in [0.25, 0.3) is 0 Å². The van der Waals surface area contributed by atoms with Gasteiger partial charge in [0.15, 0.2) is 0 Å². The van der Waals surface area contributed by atoms with E-state index in [4.69, 9.17) is 5.11 Å². The lowest BCUT2D eigenvalue weighted by atomic mass is 10.2. The van der Waals surface area contributed by atoms with Crippen LogP contribution >= 0.6 is 0 Å². The van der Waals surface area contributed by atoms with Gasteiger partial charge in [0.05, 0.1) is 12.1 Å². The molecule has 0 aliphatic heterocycles. The van der Waals surface area contributed by atoms with Crippen LogP contribution in [0.15, 0.2) is 18.3 Å². The summed E-state index contributed by atoms with van der Waals surface area (Å²) in [6.07, 6.45) is 2.29. The van der Waals surface area contributed by atoms with Gasteiger partial charge in [-0.3, -0.25) is 4.79 Å². The highest BCUT2D eigenvalue weighted by molar-refractivity contribution is 5.88. The molecule has 1 rings (SSSR count). The molecule has 6 heteroatoms. The van der Waals surface area contributed by atoms with E-state index in [0.717, 1.165) is 6.42 Å². The summed E-state index contributed by atoms with van der Waals surface area (Å²) in [5.74, 6) is -0.535. The number of hydrogen-bond acceptors (Lipinski definition) is 4. The molecule has 0 saturated carbocycles. The number of carbonyl (C=O) groups excluding carboxylic acids is 1. The summed E-state index contributed by atoms with van der Waals surface area (Å²) in [5.41, 5.74) is 0.170. The van der Waals surface area contributed by atoms with Gasteiger partial charge in [0.25, 0.3) is 0 Å². The lowest BCUT2D eigenvalue weighted by molar-refractivity contribution is -0.127. The Labute approximate surface area is 112 Å². The Bertz CT molecular complexity index is 460. The molecular formula is C13H19N3O3. The molecule has 19 heavy (non-hydrogen) atoms. The molecule has 1 N–H and O–H groups in total. The molecule has 1 heterocycles. The van der Waals surface area contributed by atoms with Crippen molar-refractivity contribution >= 4 is 17.7 Å². The third-order valence-electron chi connectivity index (χ3n) is 2.63. The van der Waals surface area contributed by atoms with Crippen molar-refractivity contribution in [3.8, 4) is 0 Å². The van der Waals surface area contributed by atoms with E-state index in [-0.39, 0.29) is 18.0 Å². The Morgan fingerprint density at radius 1 is 1.37 bits per heavy atom. The zero-order valence-corrected chi connectivity index (χ0v) is 11.5. The van der Waals surface area contributed by atoms with Gasteiger partial charge in [0, 0.05) is 26.8 Å². The van der Waals surface area contributed by atoms with Gasteiger partial charge in [-0.25, -0.2) is 9.78 Å². The van der Waals surface area contributed by atoms with E-state index < -0.39 is 5.97 Å². The zero-order valence-electron chi connectivity index (χ0n) is 11.5. The first-order valence-electron chi connectivity index (χ1n) is 6.10. The quantitative estimate of drug-likeness (QED) is 0.833. The summed E-state index contributed by atoms with van der Waals surface area (Å²) in [4.78, 5) is 30.1. The number of carbonyl (C=O) groups is 2. The zero-order chi connectivity index (χ0) is 14.4. The fourth-order valence-corrected chi connectivity index (χ4v) is 1.57. The number of carboxylic acid groups (broad SMARTS) is 1. The highest BCUT2D eigenvalue weighted by Crippen LogP contribution is 2.13. The molecular weight excluding hydrogens is 246 g/mol. The minimum absolute atomic E-state index is 0.0454. The number of likely N-dealkylation sites (N-methyl/N-ethyl adjacent to an activating group) is 1. The molecule has 1 aromatic heterocycles. The van der Waals surface area contributed by atoms with Crippen molar-refractivity contribution in [3.63, 3.8) is 0 Å². The van der Waals surface area contributed by atoms with Crippen LogP contribution in [-0.2, 0) is 4.79 Å². The average molecular weight is 265 g/mol. The Kier molecular flexibility index (Phi) is 5.29. The van der Waals surface area contributed by atoms with E-state index in [1.807, 2.05) is 6.92 Å². The third-order valence-corrected chi connectivity index (χ3v) is 2.63.